The minimum absolute atomic E-state index is 0.139. The molecule has 7 heteroatoms. The molecular weight excluding hydrogens is 261 g/mol. The number of nitriles is 1. The maximum Gasteiger partial charge on any atom is 0.573 e. The number of halogens is 3. The third kappa shape index (κ3) is 4.87. The second-order valence-corrected chi connectivity index (χ2v) is 3.65. The van der Waals surface area contributed by atoms with Gasteiger partial charge in [0.25, 0.3) is 0 Å². The fourth-order valence-electron chi connectivity index (χ4n) is 1.34. The molecule has 0 aromatic heterocycles. The van der Waals surface area contributed by atoms with E-state index in [1.807, 2.05) is 0 Å². The Balaban J connectivity index is 2.78. The molecule has 1 amide bonds. The van der Waals surface area contributed by atoms with Gasteiger partial charge in [0.1, 0.15) is 11.7 Å². The topological polar surface area (TPSA) is 62.1 Å². The molecule has 0 saturated heterocycles. The van der Waals surface area contributed by atoms with Crippen molar-refractivity contribution < 1.29 is 22.7 Å². The number of nitrogens with zero attached hydrogens (tertiary/aromatic N) is 1. The standard InChI is InChI=1S/C12H11F3N2O2/c1-2-8(7-16)11(18)17-9-4-3-5-10(6-9)19-12(13,14)15/h3-6,8H,2H2,1H3,(H,17,18). The van der Waals surface area contributed by atoms with Gasteiger partial charge in [-0.2, -0.15) is 5.26 Å². The summed E-state index contributed by atoms with van der Waals surface area (Å²) in [5, 5.41) is 11.1. The first-order chi connectivity index (χ1) is 8.85. The van der Waals surface area contributed by atoms with E-state index in [1.165, 1.54) is 12.1 Å². The number of benzene rings is 1. The molecule has 1 aromatic rings. The molecule has 1 unspecified atom stereocenters. The molecule has 0 heterocycles. The Morgan fingerprint density at radius 2 is 2.21 bits per heavy atom. The van der Waals surface area contributed by atoms with Crippen LogP contribution in [-0.2, 0) is 4.79 Å². The minimum atomic E-state index is -4.79. The first-order valence-electron chi connectivity index (χ1n) is 5.42. The van der Waals surface area contributed by atoms with Gasteiger partial charge in [-0.15, -0.1) is 13.2 Å². The number of amides is 1. The highest BCUT2D eigenvalue weighted by molar-refractivity contribution is 5.94. The van der Waals surface area contributed by atoms with Crippen molar-refractivity contribution in [2.24, 2.45) is 5.92 Å². The van der Waals surface area contributed by atoms with E-state index >= 15 is 0 Å². The van der Waals surface area contributed by atoms with Crippen LogP contribution in [0, 0.1) is 17.2 Å². The molecule has 4 nitrogen and oxygen atoms in total. The molecular formula is C12H11F3N2O2. The maximum atomic E-state index is 12.0. The summed E-state index contributed by atoms with van der Waals surface area (Å²) < 4.78 is 39.8. The van der Waals surface area contributed by atoms with Crippen LogP contribution in [0.3, 0.4) is 0 Å². The van der Waals surface area contributed by atoms with Crippen LogP contribution in [0.25, 0.3) is 0 Å². The zero-order valence-corrected chi connectivity index (χ0v) is 9.99. The Labute approximate surface area is 107 Å². The summed E-state index contributed by atoms with van der Waals surface area (Å²) in [6, 6.07) is 6.67. The molecule has 19 heavy (non-hydrogen) atoms. The van der Waals surface area contributed by atoms with E-state index in [1.54, 1.807) is 13.0 Å². The van der Waals surface area contributed by atoms with E-state index in [0.29, 0.717) is 6.42 Å². The van der Waals surface area contributed by atoms with Crippen LogP contribution in [0.1, 0.15) is 13.3 Å². The zero-order chi connectivity index (χ0) is 14.5. The van der Waals surface area contributed by atoms with Crippen LogP contribution < -0.4 is 10.1 Å². The van der Waals surface area contributed by atoms with Crippen molar-refractivity contribution in [3.63, 3.8) is 0 Å². The molecule has 0 radical (unpaired) electrons. The van der Waals surface area contributed by atoms with Crippen molar-refractivity contribution in [2.45, 2.75) is 19.7 Å². The number of rotatable bonds is 4. The van der Waals surface area contributed by atoms with Crippen molar-refractivity contribution in [1.29, 1.82) is 5.26 Å². The third-order valence-electron chi connectivity index (χ3n) is 2.22. The molecule has 0 aliphatic heterocycles. The summed E-state index contributed by atoms with van der Waals surface area (Å²) >= 11 is 0. The molecule has 1 N–H and O–H groups in total. The average molecular weight is 272 g/mol. The van der Waals surface area contributed by atoms with Gasteiger partial charge in [-0.25, -0.2) is 0 Å². The summed E-state index contributed by atoms with van der Waals surface area (Å²) in [5.41, 5.74) is 0.139. The van der Waals surface area contributed by atoms with Crippen LogP contribution in [0.2, 0.25) is 0 Å². The van der Waals surface area contributed by atoms with Gasteiger partial charge in [-0.1, -0.05) is 13.0 Å². The third-order valence-corrected chi connectivity index (χ3v) is 2.22. The molecule has 0 aliphatic carbocycles. The first kappa shape index (κ1) is 14.8. The summed E-state index contributed by atoms with van der Waals surface area (Å²) in [6.45, 7) is 1.66. The SMILES string of the molecule is CCC(C#N)C(=O)Nc1cccc(OC(F)(F)F)c1. The monoisotopic (exact) mass is 272 g/mol. The molecule has 1 aromatic carbocycles. The highest BCUT2D eigenvalue weighted by atomic mass is 19.4. The molecule has 0 saturated carbocycles. The number of hydrogen-bond donors (Lipinski definition) is 1. The Morgan fingerprint density at radius 1 is 1.53 bits per heavy atom. The average Bonchev–Trinajstić information content (AvgIpc) is 2.28. The Hall–Kier alpha value is -2.23. The number of nitrogens with one attached hydrogen (secondary N) is 1. The largest absolute Gasteiger partial charge is 0.573 e. The van der Waals surface area contributed by atoms with E-state index in [0.717, 1.165) is 12.1 Å². The highest BCUT2D eigenvalue weighted by Gasteiger charge is 2.31. The molecule has 0 bridgehead atoms. The number of carbonyl (C=O) groups is 1. The second-order valence-electron chi connectivity index (χ2n) is 3.65. The summed E-state index contributed by atoms with van der Waals surface area (Å²) in [7, 11) is 0. The highest BCUT2D eigenvalue weighted by Crippen LogP contribution is 2.25. The van der Waals surface area contributed by atoms with E-state index in [-0.39, 0.29) is 5.69 Å². The molecule has 102 valence electrons. The van der Waals surface area contributed by atoms with Gasteiger partial charge in [0.2, 0.25) is 5.91 Å². The van der Waals surface area contributed by atoms with Crippen molar-refractivity contribution in [3.8, 4) is 11.8 Å². The van der Waals surface area contributed by atoms with Crippen molar-refractivity contribution >= 4 is 11.6 Å². The van der Waals surface area contributed by atoms with Crippen molar-refractivity contribution in [2.75, 3.05) is 5.32 Å². The molecule has 0 fully saturated rings. The number of carbonyl (C=O) groups excluding carboxylic acids is 1. The van der Waals surface area contributed by atoms with Crippen LogP contribution in [-0.4, -0.2) is 12.3 Å². The lowest BCUT2D eigenvalue weighted by molar-refractivity contribution is -0.274. The Bertz CT molecular complexity index is 494. The summed E-state index contributed by atoms with van der Waals surface area (Å²) in [6.07, 6.45) is -4.47. The van der Waals surface area contributed by atoms with Gasteiger partial charge in [-0.3, -0.25) is 4.79 Å². The fraction of sp³-hybridized carbons (Fsp3) is 0.333. The molecule has 1 atom stereocenters. The number of anilines is 1. The van der Waals surface area contributed by atoms with Crippen LogP contribution in [0.5, 0.6) is 5.75 Å². The second kappa shape index (κ2) is 6.09. The zero-order valence-electron chi connectivity index (χ0n) is 9.99. The van der Waals surface area contributed by atoms with Gasteiger partial charge in [0.05, 0.1) is 6.07 Å². The smallest absolute Gasteiger partial charge is 0.406 e. The minimum Gasteiger partial charge on any atom is -0.406 e. The van der Waals surface area contributed by atoms with Gasteiger partial charge >= 0.3 is 6.36 Å². The van der Waals surface area contributed by atoms with Crippen LogP contribution in [0.4, 0.5) is 18.9 Å². The predicted octanol–water partition coefficient (Wildman–Crippen LogP) is 3.07. The van der Waals surface area contributed by atoms with E-state index in [9.17, 15) is 18.0 Å². The number of hydrogen-bond acceptors (Lipinski definition) is 3. The molecule has 1 rings (SSSR count). The Morgan fingerprint density at radius 3 is 2.74 bits per heavy atom. The number of alkyl halides is 3. The van der Waals surface area contributed by atoms with Gasteiger partial charge in [-0.05, 0) is 18.6 Å². The van der Waals surface area contributed by atoms with Gasteiger partial charge in [0, 0.05) is 11.8 Å². The van der Waals surface area contributed by atoms with E-state index in [4.69, 9.17) is 5.26 Å². The number of ether oxygens (including phenoxy) is 1. The lowest BCUT2D eigenvalue weighted by atomic mass is 10.1. The van der Waals surface area contributed by atoms with Crippen molar-refractivity contribution in [3.05, 3.63) is 24.3 Å². The Kier molecular flexibility index (Phi) is 4.75. The van der Waals surface area contributed by atoms with Crippen LogP contribution in [0.15, 0.2) is 24.3 Å². The van der Waals surface area contributed by atoms with Crippen molar-refractivity contribution in [1.82, 2.24) is 0 Å². The van der Waals surface area contributed by atoms with Gasteiger partial charge < -0.3 is 10.1 Å². The van der Waals surface area contributed by atoms with Crippen LogP contribution >= 0.6 is 0 Å². The fourth-order valence-corrected chi connectivity index (χ4v) is 1.34. The maximum absolute atomic E-state index is 12.0. The molecule has 0 aliphatic rings. The molecule has 0 spiro atoms. The lowest BCUT2D eigenvalue weighted by Gasteiger charge is -2.11. The summed E-state index contributed by atoms with van der Waals surface area (Å²) in [5.74, 6) is -1.84. The lowest BCUT2D eigenvalue weighted by Crippen LogP contribution is -2.21. The van der Waals surface area contributed by atoms with E-state index in [2.05, 4.69) is 10.1 Å². The first-order valence-corrected chi connectivity index (χ1v) is 5.42. The normalized spacial score (nSPS) is 12.4. The van der Waals surface area contributed by atoms with Gasteiger partial charge in [0.15, 0.2) is 0 Å². The quantitative estimate of drug-likeness (QED) is 0.916. The van der Waals surface area contributed by atoms with E-state index < -0.39 is 23.9 Å². The summed E-state index contributed by atoms with van der Waals surface area (Å²) in [4.78, 5) is 11.6. The predicted molar refractivity (Wildman–Crippen MR) is 61.1 cm³/mol.